The Morgan fingerprint density at radius 3 is 2.00 bits per heavy atom. The van der Waals surface area contributed by atoms with E-state index in [1.807, 2.05) is 0 Å². The first-order valence-electron chi connectivity index (χ1n) is 9.31. The summed E-state index contributed by atoms with van der Waals surface area (Å²) < 4.78 is 0. The van der Waals surface area contributed by atoms with Gasteiger partial charge in [0.15, 0.2) is 0 Å². The van der Waals surface area contributed by atoms with E-state index in [4.69, 9.17) is 21.1 Å². The van der Waals surface area contributed by atoms with Crippen molar-refractivity contribution in [1.82, 2.24) is 16.0 Å². The molecular formula is C19H26N4O8. The van der Waals surface area contributed by atoms with Crippen LogP contribution in [0.15, 0.2) is 30.3 Å². The molecule has 170 valence electrons. The number of aliphatic carboxylic acids is 2. The predicted octanol–water partition coefficient (Wildman–Crippen LogP) is -2.42. The Labute approximate surface area is 177 Å². The fourth-order valence-electron chi connectivity index (χ4n) is 2.47. The van der Waals surface area contributed by atoms with Gasteiger partial charge in [-0.3, -0.25) is 19.2 Å². The lowest BCUT2D eigenvalue weighted by Crippen LogP contribution is -2.57. The highest BCUT2D eigenvalue weighted by molar-refractivity contribution is 5.94. The second kappa shape index (κ2) is 12.2. The minimum Gasteiger partial charge on any atom is -0.481 e. The molecule has 0 aliphatic heterocycles. The molecule has 4 unspecified atom stereocenters. The van der Waals surface area contributed by atoms with E-state index in [0.29, 0.717) is 5.56 Å². The number of rotatable bonds is 12. The zero-order valence-corrected chi connectivity index (χ0v) is 16.8. The molecule has 1 aromatic carbocycles. The van der Waals surface area contributed by atoms with Gasteiger partial charge in [-0.25, -0.2) is 4.79 Å². The van der Waals surface area contributed by atoms with Crippen molar-refractivity contribution in [2.75, 3.05) is 6.61 Å². The molecule has 0 heterocycles. The zero-order chi connectivity index (χ0) is 23.6. The first-order valence-corrected chi connectivity index (χ1v) is 9.31. The molecule has 12 heteroatoms. The van der Waals surface area contributed by atoms with Gasteiger partial charge in [0.05, 0.1) is 13.0 Å². The van der Waals surface area contributed by atoms with Crippen LogP contribution in [-0.2, 0) is 30.4 Å². The molecule has 0 aliphatic rings. The number of amides is 3. The van der Waals surface area contributed by atoms with Gasteiger partial charge in [-0.1, -0.05) is 30.3 Å². The number of aliphatic hydroxyl groups excluding tert-OH is 1. The van der Waals surface area contributed by atoms with Crippen LogP contribution < -0.4 is 21.7 Å². The van der Waals surface area contributed by atoms with Gasteiger partial charge in [-0.2, -0.15) is 0 Å². The third-order valence-electron chi connectivity index (χ3n) is 4.19. The molecule has 31 heavy (non-hydrogen) atoms. The number of hydrogen-bond acceptors (Lipinski definition) is 7. The van der Waals surface area contributed by atoms with Crippen LogP contribution in [0.2, 0.25) is 0 Å². The Hall–Kier alpha value is -3.51. The van der Waals surface area contributed by atoms with Crippen LogP contribution in [0.4, 0.5) is 0 Å². The van der Waals surface area contributed by atoms with Gasteiger partial charge < -0.3 is 37.0 Å². The minimum atomic E-state index is -1.69. The van der Waals surface area contributed by atoms with Crippen LogP contribution in [0.3, 0.4) is 0 Å². The first kappa shape index (κ1) is 25.5. The van der Waals surface area contributed by atoms with Crippen molar-refractivity contribution < 1.29 is 39.3 Å². The number of aliphatic hydroxyl groups is 1. The summed E-state index contributed by atoms with van der Waals surface area (Å²) in [4.78, 5) is 59.0. The average molecular weight is 438 g/mol. The van der Waals surface area contributed by atoms with Gasteiger partial charge in [0.25, 0.3) is 0 Å². The topological polar surface area (TPSA) is 208 Å². The molecule has 0 spiro atoms. The quantitative estimate of drug-likeness (QED) is 0.185. The molecule has 1 aromatic rings. The molecule has 0 fully saturated rings. The fraction of sp³-hybridized carbons (Fsp3) is 0.421. The van der Waals surface area contributed by atoms with E-state index in [9.17, 15) is 24.0 Å². The normalized spacial score (nSPS) is 14.4. The summed E-state index contributed by atoms with van der Waals surface area (Å²) in [7, 11) is 0. The standard InChI is InChI=1S/C19H26N4O8/c1-10(21-17(28)12(20)9-24)16(27)22-13(7-11-5-3-2-4-6-11)18(29)23-14(19(30)31)8-15(25)26/h2-6,10,12-14,24H,7-9,20H2,1H3,(H,21,28)(H,22,27)(H,23,29)(H,25,26)(H,30,31). The molecular weight excluding hydrogens is 412 g/mol. The van der Waals surface area contributed by atoms with Crippen molar-refractivity contribution in [1.29, 1.82) is 0 Å². The molecule has 0 radical (unpaired) electrons. The van der Waals surface area contributed by atoms with E-state index in [0.717, 1.165) is 0 Å². The van der Waals surface area contributed by atoms with Crippen molar-refractivity contribution in [2.24, 2.45) is 5.73 Å². The maximum atomic E-state index is 12.7. The van der Waals surface area contributed by atoms with E-state index in [1.165, 1.54) is 6.92 Å². The maximum Gasteiger partial charge on any atom is 0.326 e. The lowest BCUT2D eigenvalue weighted by atomic mass is 10.0. The maximum absolute atomic E-state index is 12.7. The second-order valence-electron chi connectivity index (χ2n) is 6.77. The Morgan fingerprint density at radius 2 is 1.48 bits per heavy atom. The van der Waals surface area contributed by atoms with Crippen molar-refractivity contribution in [3.05, 3.63) is 35.9 Å². The van der Waals surface area contributed by atoms with Crippen LogP contribution >= 0.6 is 0 Å². The largest absolute Gasteiger partial charge is 0.481 e. The Balaban J connectivity index is 2.96. The molecule has 3 amide bonds. The van der Waals surface area contributed by atoms with Crippen LogP contribution in [0.5, 0.6) is 0 Å². The molecule has 4 atom stereocenters. The van der Waals surface area contributed by atoms with Crippen LogP contribution in [0.1, 0.15) is 18.9 Å². The van der Waals surface area contributed by atoms with E-state index < -0.39 is 66.9 Å². The average Bonchev–Trinajstić information content (AvgIpc) is 2.72. The van der Waals surface area contributed by atoms with Crippen molar-refractivity contribution in [3.8, 4) is 0 Å². The minimum absolute atomic E-state index is 0.0192. The molecule has 12 nitrogen and oxygen atoms in total. The van der Waals surface area contributed by atoms with E-state index in [-0.39, 0.29) is 6.42 Å². The van der Waals surface area contributed by atoms with Gasteiger partial charge in [0.2, 0.25) is 17.7 Å². The van der Waals surface area contributed by atoms with E-state index in [2.05, 4.69) is 16.0 Å². The molecule has 0 saturated carbocycles. The van der Waals surface area contributed by atoms with Gasteiger partial charge in [-0.15, -0.1) is 0 Å². The predicted molar refractivity (Wildman–Crippen MR) is 107 cm³/mol. The van der Waals surface area contributed by atoms with Gasteiger partial charge in [0, 0.05) is 6.42 Å². The smallest absolute Gasteiger partial charge is 0.326 e. The number of hydrogen-bond donors (Lipinski definition) is 7. The summed E-state index contributed by atoms with van der Waals surface area (Å²) in [5.41, 5.74) is 6.02. The zero-order valence-electron chi connectivity index (χ0n) is 16.8. The summed E-state index contributed by atoms with van der Waals surface area (Å²) in [6.45, 7) is 0.707. The molecule has 0 saturated heterocycles. The summed E-state index contributed by atoms with van der Waals surface area (Å²) in [5, 5.41) is 33.7. The van der Waals surface area contributed by atoms with E-state index >= 15 is 0 Å². The van der Waals surface area contributed by atoms with Crippen molar-refractivity contribution >= 4 is 29.7 Å². The third kappa shape index (κ3) is 8.80. The molecule has 0 aliphatic carbocycles. The number of carbonyl (C=O) groups excluding carboxylic acids is 3. The lowest BCUT2D eigenvalue weighted by Gasteiger charge is -2.23. The first-order chi connectivity index (χ1) is 14.5. The number of carboxylic acids is 2. The summed E-state index contributed by atoms with van der Waals surface area (Å²) in [5.74, 6) is -5.41. The van der Waals surface area contributed by atoms with Gasteiger partial charge >= 0.3 is 11.9 Å². The summed E-state index contributed by atoms with van der Waals surface area (Å²) in [6, 6.07) is 3.22. The summed E-state index contributed by atoms with van der Waals surface area (Å²) in [6.07, 6.45) is -0.868. The van der Waals surface area contributed by atoms with E-state index in [1.54, 1.807) is 30.3 Å². The van der Waals surface area contributed by atoms with Gasteiger partial charge in [-0.05, 0) is 12.5 Å². The van der Waals surface area contributed by atoms with Crippen LogP contribution in [0, 0.1) is 0 Å². The number of nitrogens with two attached hydrogens (primary N) is 1. The molecule has 0 aromatic heterocycles. The SMILES string of the molecule is CC(NC(=O)C(N)CO)C(=O)NC(Cc1ccccc1)C(=O)NC(CC(=O)O)C(=O)O. The summed E-state index contributed by atoms with van der Waals surface area (Å²) >= 11 is 0. The Bertz CT molecular complexity index is 801. The Morgan fingerprint density at radius 1 is 0.903 bits per heavy atom. The molecule has 8 N–H and O–H groups in total. The number of nitrogens with one attached hydrogen (secondary N) is 3. The molecule has 0 bridgehead atoms. The highest BCUT2D eigenvalue weighted by atomic mass is 16.4. The highest BCUT2D eigenvalue weighted by Gasteiger charge is 2.30. The Kier molecular flexibility index (Phi) is 10.1. The monoisotopic (exact) mass is 438 g/mol. The molecule has 1 rings (SSSR count). The number of benzene rings is 1. The van der Waals surface area contributed by atoms with Crippen LogP contribution in [0.25, 0.3) is 0 Å². The fourth-order valence-corrected chi connectivity index (χ4v) is 2.47. The van der Waals surface area contributed by atoms with Crippen molar-refractivity contribution in [3.63, 3.8) is 0 Å². The third-order valence-corrected chi connectivity index (χ3v) is 4.19. The second-order valence-corrected chi connectivity index (χ2v) is 6.77. The highest BCUT2D eigenvalue weighted by Crippen LogP contribution is 2.05. The number of carbonyl (C=O) groups is 5. The van der Waals surface area contributed by atoms with Crippen LogP contribution in [-0.4, -0.2) is 75.8 Å². The number of carboxylic acid groups (broad SMARTS) is 2. The lowest BCUT2D eigenvalue weighted by molar-refractivity contribution is -0.147. The van der Waals surface area contributed by atoms with Gasteiger partial charge in [0.1, 0.15) is 24.2 Å². The van der Waals surface area contributed by atoms with Crippen molar-refractivity contribution in [2.45, 2.75) is 43.9 Å².